The molecule has 0 aliphatic rings. The summed E-state index contributed by atoms with van der Waals surface area (Å²) in [4.78, 5) is 18.8. The summed E-state index contributed by atoms with van der Waals surface area (Å²) in [5, 5.41) is 10.8. The van der Waals surface area contributed by atoms with Gasteiger partial charge in [-0.3, -0.25) is 10.1 Å². The molecule has 7 nitrogen and oxygen atoms in total. The lowest BCUT2D eigenvalue weighted by Gasteiger charge is -2.00. The van der Waals surface area contributed by atoms with Gasteiger partial charge in [0.1, 0.15) is 0 Å². The van der Waals surface area contributed by atoms with Gasteiger partial charge >= 0.3 is 0 Å². The first-order chi connectivity index (χ1) is 9.54. The van der Waals surface area contributed by atoms with Crippen LogP contribution in [0.1, 0.15) is 5.69 Å². The molecule has 0 aliphatic carbocycles. The van der Waals surface area contributed by atoms with Gasteiger partial charge in [-0.25, -0.2) is 4.98 Å². The van der Waals surface area contributed by atoms with Crippen molar-refractivity contribution >= 4 is 22.6 Å². The van der Waals surface area contributed by atoms with Crippen molar-refractivity contribution in [3.8, 4) is 11.5 Å². The minimum Gasteiger partial charge on any atom is -0.434 e. The van der Waals surface area contributed by atoms with Crippen molar-refractivity contribution in [2.75, 3.05) is 5.73 Å². The summed E-state index contributed by atoms with van der Waals surface area (Å²) in [6, 6.07) is 7.69. The molecule has 0 saturated heterocycles. The van der Waals surface area contributed by atoms with Gasteiger partial charge in [0.25, 0.3) is 5.69 Å². The predicted molar refractivity (Wildman–Crippen MR) is 73.0 cm³/mol. The van der Waals surface area contributed by atoms with Crippen LogP contribution in [0, 0.1) is 17.0 Å². The van der Waals surface area contributed by atoms with E-state index in [-0.39, 0.29) is 11.6 Å². The molecule has 100 valence electrons. The van der Waals surface area contributed by atoms with Crippen LogP contribution in [-0.4, -0.2) is 14.9 Å². The van der Waals surface area contributed by atoms with E-state index in [0.717, 1.165) is 5.69 Å². The average molecular weight is 270 g/mol. The first-order valence-corrected chi connectivity index (χ1v) is 5.83. The Kier molecular flexibility index (Phi) is 2.60. The third-order valence-electron chi connectivity index (χ3n) is 2.87. The molecule has 2 heterocycles. The first kappa shape index (κ1) is 12.1. The largest absolute Gasteiger partial charge is 0.434 e. The normalized spacial score (nSPS) is 10.8. The Morgan fingerprint density at radius 2 is 2.05 bits per heavy atom. The van der Waals surface area contributed by atoms with E-state index in [2.05, 4.69) is 9.97 Å². The van der Waals surface area contributed by atoms with E-state index in [1.807, 2.05) is 6.92 Å². The Bertz CT molecular complexity index is 826. The molecule has 0 fully saturated rings. The lowest BCUT2D eigenvalue weighted by Crippen LogP contribution is -1.93. The van der Waals surface area contributed by atoms with Crippen molar-refractivity contribution in [1.29, 1.82) is 0 Å². The summed E-state index contributed by atoms with van der Waals surface area (Å²) in [6.45, 7) is 1.84. The molecule has 20 heavy (non-hydrogen) atoms. The van der Waals surface area contributed by atoms with Gasteiger partial charge in [0.05, 0.1) is 10.5 Å². The van der Waals surface area contributed by atoms with Gasteiger partial charge in [-0.1, -0.05) is 0 Å². The molecule has 3 aromatic rings. The van der Waals surface area contributed by atoms with Crippen LogP contribution in [0.25, 0.3) is 22.7 Å². The van der Waals surface area contributed by atoms with Crippen LogP contribution in [0.3, 0.4) is 0 Å². The third-order valence-corrected chi connectivity index (χ3v) is 2.87. The molecule has 2 aromatic heterocycles. The second-order valence-corrected chi connectivity index (χ2v) is 4.32. The number of nitrogens with zero attached hydrogens (tertiary/aromatic N) is 3. The smallest absolute Gasteiger partial charge is 0.270 e. The van der Waals surface area contributed by atoms with E-state index in [9.17, 15) is 10.1 Å². The highest BCUT2D eigenvalue weighted by molar-refractivity contribution is 5.78. The quantitative estimate of drug-likeness (QED) is 0.435. The number of aryl methyl sites for hydroxylation is 1. The number of nitrogen functional groups attached to an aromatic ring is 1. The number of aromatic nitrogens is 2. The molecule has 2 N–H and O–H groups in total. The second kappa shape index (κ2) is 4.30. The molecule has 0 amide bonds. The molecule has 7 heteroatoms. The number of non-ortho nitro benzene ring substituents is 1. The summed E-state index contributed by atoms with van der Waals surface area (Å²) >= 11 is 0. The number of anilines is 1. The number of benzene rings is 1. The van der Waals surface area contributed by atoms with Gasteiger partial charge in [0.15, 0.2) is 11.2 Å². The van der Waals surface area contributed by atoms with E-state index in [1.165, 1.54) is 18.2 Å². The van der Waals surface area contributed by atoms with Gasteiger partial charge in [0, 0.05) is 23.5 Å². The van der Waals surface area contributed by atoms with E-state index < -0.39 is 4.92 Å². The van der Waals surface area contributed by atoms with Gasteiger partial charge in [0.2, 0.25) is 5.89 Å². The van der Waals surface area contributed by atoms with Crippen LogP contribution in [0.4, 0.5) is 11.4 Å². The topological polar surface area (TPSA) is 108 Å². The summed E-state index contributed by atoms with van der Waals surface area (Å²) in [6.07, 6.45) is 0. The van der Waals surface area contributed by atoms with Gasteiger partial charge in [-0.15, -0.1) is 0 Å². The number of oxazole rings is 1. The van der Waals surface area contributed by atoms with Crippen LogP contribution in [0.2, 0.25) is 0 Å². The number of rotatable bonds is 2. The standard InChI is InChI=1S/C13H10N4O3/c1-7-2-5-11-12(15-7)16-13(20-11)9-6-8(17(18)19)3-4-10(9)14/h2-6H,14H2,1H3. The molecular weight excluding hydrogens is 260 g/mol. The predicted octanol–water partition coefficient (Wildman–Crippen LogP) is 2.69. The van der Waals surface area contributed by atoms with Crippen LogP contribution >= 0.6 is 0 Å². The van der Waals surface area contributed by atoms with Crippen LogP contribution in [-0.2, 0) is 0 Å². The fourth-order valence-electron chi connectivity index (χ4n) is 1.87. The van der Waals surface area contributed by atoms with Crippen molar-refractivity contribution in [2.45, 2.75) is 6.92 Å². The van der Waals surface area contributed by atoms with Crippen molar-refractivity contribution in [1.82, 2.24) is 9.97 Å². The van der Waals surface area contributed by atoms with Crippen molar-refractivity contribution in [2.24, 2.45) is 0 Å². The molecule has 0 radical (unpaired) electrons. The lowest BCUT2D eigenvalue weighted by atomic mass is 10.1. The fraction of sp³-hybridized carbons (Fsp3) is 0.0769. The highest BCUT2D eigenvalue weighted by atomic mass is 16.6. The highest BCUT2D eigenvalue weighted by Gasteiger charge is 2.16. The van der Waals surface area contributed by atoms with Crippen LogP contribution in [0.5, 0.6) is 0 Å². The summed E-state index contributed by atoms with van der Waals surface area (Å²) in [7, 11) is 0. The van der Waals surface area contributed by atoms with Crippen LogP contribution < -0.4 is 5.73 Å². The number of hydrogen-bond acceptors (Lipinski definition) is 6. The molecule has 3 rings (SSSR count). The monoisotopic (exact) mass is 270 g/mol. The molecule has 0 spiro atoms. The Morgan fingerprint density at radius 1 is 1.25 bits per heavy atom. The fourth-order valence-corrected chi connectivity index (χ4v) is 1.87. The van der Waals surface area contributed by atoms with Gasteiger partial charge in [-0.2, -0.15) is 4.98 Å². The highest BCUT2D eigenvalue weighted by Crippen LogP contribution is 2.31. The molecular formula is C13H10N4O3. The first-order valence-electron chi connectivity index (χ1n) is 5.83. The lowest BCUT2D eigenvalue weighted by molar-refractivity contribution is -0.384. The zero-order chi connectivity index (χ0) is 14.3. The zero-order valence-electron chi connectivity index (χ0n) is 10.5. The van der Waals surface area contributed by atoms with E-state index in [0.29, 0.717) is 22.5 Å². The Morgan fingerprint density at radius 3 is 2.80 bits per heavy atom. The average Bonchev–Trinajstić information content (AvgIpc) is 2.81. The van der Waals surface area contributed by atoms with Crippen molar-refractivity contribution in [3.05, 3.63) is 46.1 Å². The minimum absolute atomic E-state index is 0.0689. The molecule has 1 aromatic carbocycles. The zero-order valence-corrected chi connectivity index (χ0v) is 10.5. The Hall–Kier alpha value is -2.96. The summed E-state index contributed by atoms with van der Waals surface area (Å²) in [5.74, 6) is 0.222. The van der Waals surface area contributed by atoms with Crippen LogP contribution in [0.15, 0.2) is 34.7 Å². The minimum atomic E-state index is -0.492. The Labute approximate surface area is 113 Å². The van der Waals surface area contributed by atoms with E-state index in [4.69, 9.17) is 10.2 Å². The number of hydrogen-bond donors (Lipinski definition) is 1. The van der Waals surface area contributed by atoms with Gasteiger partial charge < -0.3 is 10.2 Å². The SMILES string of the molecule is Cc1ccc2oc(-c3cc([N+](=O)[O-])ccc3N)nc2n1. The van der Waals surface area contributed by atoms with Gasteiger partial charge in [-0.05, 0) is 25.1 Å². The number of nitro groups is 1. The molecule has 0 bridgehead atoms. The summed E-state index contributed by atoms with van der Waals surface area (Å²) in [5.41, 5.74) is 8.28. The maximum absolute atomic E-state index is 10.8. The molecule has 0 atom stereocenters. The maximum atomic E-state index is 10.8. The second-order valence-electron chi connectivity index (χ2n) is 4.32. The number of pyridine rings is 1. The molecule has 0 saturated carbocycles. The third kappa shape index (κ3) is 1.95. The van der Waals surface area contributed by atoms with E-state index in [1.54, 1.807) is 12.1 Å². The summed E-state index contributed by atoms with van der Waals surface area (Å²) < 4.78 is 5.55. The Balaban J connectivity index is 2.19. The van der Waals surface area contributed by atoms with E-state index >= 15 is 0 Å². The number of fused-ring (bicyclic) bond motifs is 1. The maximum Gasteiger partial charge on any atom is 0.270 e. The van der Waals surface area contributed by atoms with Crippen molar-refractivity contribution in [3.63, 3.8) is 0 Å². The molecule has 0 unspecified atom stereocenters. The number of nitro benzene ring substituents is 1. The van der Waals surface area contributed by atoms with Crippen molar-refractivity contribution < 1.29 is 9.34 Å². The number of nitrogens with two attached hydrogens (primary N) is 1. The molecule has 0 aliphatic heterocycles.